The number of sulfonamides is 1. The van der Waals surface area contributed by atoms with E-state index in [1.807, 2.05) is 24.3 Å². The predicted octanol–water partition coefficient (Wildman–Crippen LogP) is 0.988. The van der Waals surface area contributed by atoms with Crippen LogP contribution in [-0.2, 0) is 26.0 Å². The molecule has 1 N–H and O–H groups in total. The number of pyridine rings is 1. The number of nitrogens with one attached hydrogen (secondary N) is 1. The molecule has 0 radical (unpaired) electrons. The minimum absolute atomic E-state index is 0.189. The molecule has 2 aliphatic rings. The zero-order valence-electron chi connectivity index (χ0n) is 17.4. The number of methoxy groups -OCH3 is 2. The molecule has 0 spiro atoms. The highest BCUT2D eigenvalue weighted by Crippen LogP contribution is 2.29. The maximum atomic E-state index is 12.1. The maximum absolute atomic E-state index is 12.1. The first-order chi connectivity index (χ1) is 15.0. The van der Waals surface area contributed by atoms with E-state index in [0.29, 0.717) is 12.2 Å². The number of nitrogens with zero attached hydrogens (tertiary/aromatic N) is 3. The van der Waals surface area contributed by atoms with E-state index >= 15 is 0 Å². The molecular weight excluding hydrogens is 416 g/mol. The van der Waals surface area contributed by atoms with E-state index in [1.165, 1.54) is 0 Å². The van der Waals surface area contributed by atoms with Crippen LogP contribution >= 0.6 is 0 Å². The van der Waals surface area contributed by atoms with Gasteiger partial charge in [0.05, 0.1) is 28.6 Å². The molecule has 1 aromatic carbocycles. The Morgan fingerprint density at radius 1 is 1.06 bits per heavy atom. The molecule has 162 valence electrons. The molecule has 9 heteroatoms. The molecule has 2 aliphatic carbocycles. The van der Waals surface area contributed by atoms with Gasteiger partial charge in [0, 0.05) is 31.7 Å². The fourth-order valence-corrected chi connectivity index (χ4v) is 5.33. The van der Waals surface area contributed by atoms with Gasteiger partial charge in [0.25, 0.3) is 0 Å². The van der Waals surface area contributed by atoms with Crippen LogP contribution in [0.2, 0.25) is 0 Å². The molecule has 2 atom stereocenters. The Hall–Kier alpha value is -2.75. The number of ether oxygens (including phenoxy) is 2. The first-order valence-corrected chi connectivity index (χ1v) is 11.7. The standard InChI is InChI=1S/C22H24N4O4S/c1-29-20-9-17-18(10-21(20)30-2)23-11-19-22(17)26(13-24-19)12-14-3-5-15(6-4-14)25-31(27,28)16-7-8-16/h3-6,9-11,13,16,20-21,25H,7-8,12H2,1-2H3. The van der Waals surface area contributed by atoms with Crippen molar-refractivity contribution in [1.29, 1.82) is 0 Å². The van der Waals surface area contributed by atoms with E-state index in [1.54, 1.807) is 38.9 Å². The van der Waals surface area contributed by atoms with Gasteiger partial charge in [0.15, 0.2) is 0 Å². The lowest BCUT2D eigenvalue weighted by molar-refractivity contribution is 0.0304. The number of fused-ring (bicyclic) bond motifs is 3. The van der Waals surface area contributed by atoms with E-state index in [0.717, 1.165) is 40.0 Å². The van der Waals surface area contributed by atoms with Gasteiger partial charge < -0.3 is 14.0 Å². The van der Waals surface area contributed by atoms with Gasteiger partial charge in [0.2, 0.25) is 10.0 Å². The van der Waals surface area contributed by atoms with Gasteiger partial charge in [0.1, 0.15) is 17.7 Å². The summed E-state index contributed by atoms with van der Waals surface area (Å²) in [4.78, 5) is 9.04. The molecule has 2 aromatic heterocycles. The summed E-state index contributed by atoms with van der Waals surface area (Å²) in [6.45, 7) is 0.599. The highest BCUT2D eigenvalue weighted by molar-refractivity contribution is 7.93. The summed E-state index contributed by atoms with van der Waals surface area (Å²) in [5.41, 5.74) is 3.42. The van der Waals surface area contributed by atoms with E-state index in [2.05, 4.69) is 19.3 Å². The third kappa shape index (κ3) is 3.84. The Kier molecular flexibility index (Phi) is 5.04. The molecule has 0 bridgehead atoms. The average molecular weight is 441 g/mol. The van der Waals surface area contributed by atoms with Crippen LogP contribution in [0.25, 0.3) is 23.2 Å². The Bertz CT molecular complexity index is 1340. The molecule has 8 nitrogen and oxygen atoms in total. The SMILES string of the molecule is COC1C=c2ncc3ncn(Cc4ccc(NS(=O)(=O)C5CC5)cc4)c3c2=CC1OC. The van der Waals surface area contributed by atoms with Crippen molar-refractivity contribution in [2.24, 2.45) is 0 Å². The summed E-state index contributed by atoms with van der Waals surface area (Å²) >= 11 is 0. The monoisotopic (exact) mass is 440 g/mol. The molecule has 0 amide bonds. The summed E-state index contributed by atoms with van der Waals surface area (Å²) < 4.78 is 40.1. The van der Waals surface area contributed by atoms with Crippen molar-refractivity contribution < 1.29 is 17.9 Å². The van der Waals surface area contributed by atoms with Gasteiger partial charge in [-0.1, -0.05) is 12.1 Å². The van der Waals surface area contributed by atoms with Crippen molar-refractivity contribution >= 4 is 38.9 Å². The second-order valence-corrected chi connectivity index (χ2v) is 9.90. The molecule has 3 aromatic rings. The summed E-state index contributed by atoms with van der Waals surface area (Å²) in [5.74, 6) is 0. The molecule has 31 heavy (non-hydrogen) atoms. The number of imidazole rings is 1. The Morgan fingerprint density at radius 2 is 1.77 bits per heavy atom. The summed E-state index contributed by atoms with van der Waals surface area (Å²) in [6, 6.07) is 7.46. The second-order valence-electron chi connectivity index (χ2n) is 7.94. The number of aromatic nitrogens is 3. The summed E-state index contributed by atoms with van der Waals surface area (Å²) in [7, 11) is 0.0601. The van der Waals surface area contributed by atoms with E-state index in [-0.39, 0.29) is 17.5 Å². The number of hydrogen-bond acceptors (Lipinski definition) is 6. The van der Waals surface area contributed by atoms with Gasteiger partial charge in [-0.3, -0.25) is 9.71 Å². The highest BCUT2D eigenvalue weighted by Gasteiger charge is 2.35. The average Bonchev–Trinajstić information content (AvgIpc) is 3.56. The van der Waals surface area contributed by atoms with Gasteiger partial charge in [-0.2, -0.15) is 0 Å². The topological polar surface area (TPSA) is 95.3 Å². The minimum Gasteiger partial charge on any atom is -0.374 e. The minimum atomic E-state index is -3.26. The third-order valence-electron chi connectivity index (χ3n) is 5.77. The largest absolute Gasteiger partial charge is 0.374 e. The van der Waals surface area contributed by atoms with Crippen LogP contribution in [0.5, 0.6) is 0 Å². The number of rotatable bonds is 7. The van der Waals surface area contributed by atoms with E-state index in [9.17, 15) is 8.42 Å². The molecule has 2 heterocycles. The lowest BCUT2D eigenvalue weighted by Gasteiger charge is -2.22. The molecule has 2 unspecified atom stereocenters. The molecule has 0 aliphatic heterocycles. The number of hydrogen-bond donors (Lipinski definition) is 1. The Morgan fingerprint density at radius 3 is 2.45 bits per heavy atom. The first kappa shape index (κ1) is 20.2. The number of benzene rings is 1. The van der Waals surface area contributed by atoms with Crippen molar-refractivity contribution in [3.8, 4) is 0 Å². The fraction of sp³-hybridized carbons (Fsp3) is 0.364. The smallest absolute Gasteiger partial charge is 0.235 e. The highest BCUT2D eigenvalue weighted by atomic mass is 32.2. The lowest BCUT2D eigenvalue weighted by Crippen LogP contribution is -2.42. The van der Waals surface area contributed by atoms with Gasteiger partial charge in [-0.15, -0.1) is 0 Å². The van der Waals surface area contributed by atoms with Gasteiger partial charge in [-0.25, -0.2) is 13.4 Å². The second kappa shape index (κ2) is 7.74. The van der Waals surface area contributed by atoms with E-state index < -0.39 is 10.0 Å². The van der Waals surface area contributed by atoms with Crippen LogP contribution in [-0.4, -0.2) is 54.6 Å². The van der Waals surface area contributed by atoms with E-state index in [4.69, 9.17) is 9.47 Å². The molecule has 5 rings (SSSR count). The van der Waals surface area contributed by atoms with Crippen LogP contribution in [0.15, 0.2) is 36.8 Å². The first-order valence-electron chi connectivity index (χ1n) is 10.2. The van der Waals surface area contributed by atoms with Crippen molar-refractivity contribution in [2.45, 2.75) is 36.8 Å². The Balaban J connectivity index is 1.47. The molecular formula is C22H24N4O4S. The van der Waals surface area contributed by atoms with Crippen molar-refractivity contribution in [2.75, 3.05) is 18.9 Å². The zero-order chi connectivity index (χ0) is 21.6. The maximum Gasteiger partial charge on any atom is 0.235 e. The predicted molar refractivity (Wildman–Crippen MR) is 118 cm³/mol. The van der Waals surface area contributed by atoms with Gasteiger partial charge in [-0.05, 0) is 42.7 Å². The Labute approximate surface area is 180 Å². The number of anilines is 1. The van der Waals surface area contributed by atoms with Crippen LogP contribution in [0.1, 0.15) is 18.4 Å². The van der Waals surface area contributed by atoms with Crippen LogP contribution in [0.4, 0.5) is 5.69 Å². The third-order valence-corrected chi connectivity index (χ3v) is 7.64. The zero-order valence-corrected chi connectivity index (χ0v) is 18.2. The molecule has 1 saturated carbocycles. The lowest BCUT2D eigenvalue weighted by atomic mass is 10.1. The molecule has 1 fully saturated rings. The van der Waals surface area contributed by atoms with Crippen LogP contribution < -0.4 is 15.3 Å². The summed E-state index contributed by atoms with van der Waals surface area (Å²) in [6.07, 6.45) is 8.67. The molecule has 0 saturated heterocycles. The van der Waals surface area contributed by atoms with Crippen molar-refractivity contribution in [3.05, 3.63) is 52.9 Å². The fourth-order valence-electron chi connectivity index (χ4n) is 3.94. The van der Waals surface area contributed by atoms with Crippen LogP contribution in [0.3, 0.4) is 0 Å². The van der Waals surface area contributed by atoms with Gasteiger partial charge >= 0.3 is 0 Å². The van der Waals surface area contributed by atoms with Crippen molar-refractivity contribution in [1.82, 2.24) is 14.5 Å². The van der Waals surface area contributed by atoms with Crippen LogP contribution in [0, 0.1) is 0 Å². The normalized spacial score (nSPS) is 20.7. The summed E-state index contributed by atoms with van der Waals surface area (Å²) in [5, 5.41) is 1.58. The van der Waals surface area contributed by atoms with Crippen molar-refractivity contribution in [3.63, 3.8) is 0 Å². The quantitative estimate of drug-likeness (QED) is 0.589.